The van der Waals surface area contributed by atoms with Crippen molar-refractivity contribution in [3.63, 3.8) is 0 Å². The number of hydrogen-bond donors (Lipinski definition) is 3. The molecule has 3 N–H and O–H groups in total. The van der Waals surface area contributed by atoms with E-state index in [1.807, 2.05) is 52.0 Å². The fourth-order valence-corrected chi connectivity index (χ4v) is 7.74. The number of phenols is 1. The van der Waals surface area contributed by atoms with E-state index in [0.29, 0.717) is 86.8 Å². The minimum Gasteiger partial charge on any atom is -0.508 e. The van der Waals surface area contributed by atoms with Crippen LogP contribution in [0.15, 0.2) is 122 Å². The van der Waals surface area contributed by atoms with Gasteiger partial charge in [0.1, 0.15) is 34.5 Å². The number of rotatable bonds is 17. The first kappa shape index (κ1) is 50.8. The van der Waals surface area contributed by atoms with Crippen LogP contribution in [0.5, 0.6) is 34.5 Å². The zero-order valence-electron chi connectivity index (χ0n) is 39.3. The highest BCUT2D eigenvalue weighted by Gasteiger charge is 2.28. The highest BCUT2D eigenvalue weighted by atomic mass is 19.4. The van der Waals surface area contributed by atoms with Gasteiger partial charge in [0.2, 0.25) is 0 Å². The number of Topliss-reactive ketones (excluding diaryl/α,β-unsaturated/α-hetero) is 2. The normalized spacial score (nSPS) is 11.5. The molecule has 71 heavy (non-hydrogen) atoms. The molecule has 370 valence electrons. The summed E-state index contributed by atoms with van der Waals surface area (Å²) in [6.07, 6.45) is -3.08. The minimum absolute atomic E-state index is 0.0209. The summed E-state index contributed by atoms with van der Waals surface area (Å²) in [5.74, 6) is 2.35. The lowest BCUT2D eigenvalue weighted by atomic mass is 9.99. The summed E-state index contributed by atoms with van der Waals surface area (Å²) in [5, 5.41) is 15.4. The molecule has 0 aliphatic heterocycles. The molecule has 12 nitrogen and oxygen atoms in total. The third kappa shape index (κ3) is 12.8. The smallest absolute Gasteiger partial charge is 0.390 e. The van der Waals surface area contributed by atoms with E-state index in [1.54, 1.807) is 101 Å². The first-order valence-corrected chi connectivity index (χ1v) is 22.5. The van der Waals surface area contributed by atoms with E-state index in [4.69, 9.17) is 14.2 Å². The number of halogens is 6. The van der Waals surface area contributed by atoms with Gasteiger partial charge in [-0.25, -0.2) is 9.97 Å². The molecule has 0 amide bonds. The van der Waals surface area contributed by atoms with Crippen molar-refractivity contribution in [3.8, 4) is 57.0 Å². The number of fused-ring (bicyclic) bond motifs is 2. The van der Waals surface area contributed by atoms with Gasteiger partial charge < -0.3 is 30.0 Å². The number of nitrogens with one attached hydrogen (secondary N) is 2. The summed E-state index contributed by atoms with van der Waals surface area (Å²) in [6.45, 7) is 6.72. The molecule has 0 unspecified atom stereocenters. The van der Waals surface area contributed by atoms with Gasteiger partial charge in [-0.15, -0.1) is 0 Å². The molecule has 4 heterocycles. The Morgan fingerprint density at radius 1 is 0.592 bits per heavy atom. The van der Waals surface area contributed by atoms with Crippen LogP contribution in [0.1, 0.15) is 71.4 Å². The van der Waals surface area contributed by atoms with E-state index in [9.17, 15) is 41.0 Å². The maximum atomic E-state index is 12.8. The number of phenolic OH excluding ortho intramolecular Hbond substituents is 1. The summed E-state index contributed by atoms with van der Waals surface area (Å²) in [5.41, 5.74) is 7.60. The molecule has 0 radical (unpaired) electrons. The van der Waals surface area contributed by atoms with Crippen LogP contribution < -0.4 is 24.8 Å². The molecule has 0 aliphatic rings. The van der Waals surface area contributed by atoms with Gasteiger partial charge >= 0.3 is 12.4 Å². The highest BCUT2D eigenvalue weighted by molar-refractivity contribution is 5.98. The molecular weight excluding hydrogens is 931 g/mol. The second-order valence-electron chi connectivity index (χ2n) is 16.4. The summed E-state index contributed by atoms with van der Waals surface area (Å²) in [4.78, 5) is 33.3. The van der Waals surface area contributed by atoms with Gasteiger partial charge in [-0.05, 0) is 61.4 Å². The predicted octanol–water partition coefficient (Wildman–Crippen LogP) is 13.8. The van der Waals surface area contributed by atoms with Crippen LogP contribution in [0.3, 0.4) is 0 Å². The number of anilines is 2. The van der Waals surface area contributed by atoms with Crippen molar-refractivity contribution in [2.75, 3.05) is 30.8 Å². The maximum absolute atomic E-state index is 12.8. The van der Waals surface area contributed by atoms with Gasteiger partial charge in [-0.2, -0.15) is 26.3 Å². The number of aromatic hydroxyl groups is 1. The molecule has 8 aromatic rings. The number of alkyl halides is 6. The van der Waals surface area contributed by atoms with E-state index in [-0.39, 0.29) is 30.4 Å². The predicted molar refractivity (Wildman–Crippen MR) is 260 cm³/mol. The van der Waals surface area contributed by atoms with Gasteiger partial charge in [-0.1, -0.05) is 50.2 Å². The van der Waals surface area contributed by atoms with E-state index in [0.717, 1.165) is 22.3 Å². The van der Waals surface area contributed by atoms with Crippen molar-refractivity contribution in [2.45, 2.75) is 65.7 Å². The van der Waals surface area contributed by atoms with Crippen molar-refractivity contribution in [3.05, 3.63) is 144 Å². The Balaban J connectivity index is 0.000000209. The van der Waals surface area contributed by atoms with Crippen molar-refractivity contribution in [1.29, 1.82) is 0 Å². The van der Waals surface area contributed by atoms with Gasteiger partial charge in [0.15, 0.2) is 22.9 Å². The first-order chi connectivity index (χ1) is 33.8. The number of ether oxygens (including phenoxy) is 3. The zero-order chi connectivity index (χ0) is 51.0. The second kappa shape index (κ2) is 21.7. The van der Waals surface area contributed by atoms with Crippen LogP contribution in [-0.4, -0.2) is 68.0 Å². The van der Waals surface area contributed by atoms with Crippen LogP contribution in [0.2, 0.25) is 0 Å². The Morgan fingerprint density at radius 3 is 1.44 bits per heavy atom. The summed E-state index contributed by atoms with van der Waals surface area (Å²) in [6, 6.07) is 27.4. The first-order valence-electron chi connectivity index (χ1n) is 22.5. The van der Waals surface area contributed by atoms with Crippen LogP contribution >= 0.6 is 0 Å². The molecular formula is C53H50F6N6O6. The molecule has 18 heteroatoms. The Hall–Kier alpha value is -8.02. The third-order valence-electron chi connectivity index (χ3n) is 11.2. The van der Waals surface area contributed by atoms with Crippen LogP contribution in [0.25, 0.3) is 33.8 Å². The van der Waals surface area contributed by atoms with Crippen LogP contribution in [0.4, 0.5) is 37.7 Å². The van der Waals surface area contributed by atoms with Gasteiger partial charge in [0.25, 0.3) is 0 Å². The highest BCUT2D eigenvalue weighted by Crippen LogP contribution is 2.35. The van der Waals surface area contributed by atoms with Crippen LogP contribution in [-0.2, 0) is 0 Å². The molecule has 4 aromatic carbocycles. The molecule has 0 atom stereocenters. The third-order valence-corrected chi connectivity index (χ3v) is 11.2. The second-order valence-corrected chi connectivity index (χ2v) is 16.4. The summed E-state index contributed by atoms with van der Waals surface area (Å²) >= 11 is 0. The van der Waals surface area contributed by atoms with Crippen LogP contribution in [0, 0.1) is 13.8 Å². The zero-order valence-corrected chi connectivity index (χ0v) is 39.3. The SMILES string of the molecule is CCC(=O)c1ccc(-c2cnc3c(NCCC(F)(F)F)cc(Oc4cccc(O)c4)cn23)cc1C.CCC(=O)c1ccc(-c2cnc3c(NCCC(F)(F)F)cc(Oc4cccc(OC)c4)cn23)cc1C. The molecule has 0 aliphatic carbocycles. The summed E-state index contributed by atoms with van der Waals surface area (Å²) in [7, 11) is 1.55. The average Bonchev–Trinajstić information content (AvgIpc) is 3.96. The lowest BCUT2D eigenvalue weighted by Crippen LogP contribution is -2.15. The van der Waals surface area contributed by atoms with Gasteiger partial charge in [-0.3, -0.25) is 18.4 Å². The number of benzene rings is 4. The van der Waals surface area contributed by atoms with E-state index in [1.165, 1.54) is 12.1 Å². The standard InChI is InChI=1S/C27H26F3N3O3.C26H24F3N3O3/c1-4-25(34)22-9-8-18(12-17(22)2)24-15-32-26-23(31-11-10-27(28,29)30)14-21(16-33(24)26)36-20-7-5-6-19(13-20)35-3;1-3-24(34)21-8-7-17(11-16(21)2)23-14-31-25-22(30-10-9-26(27,28)29)13-20(15-32(23)25)35-19-6-4-5-18(33)12-19/h5-9,12-16,31H,4,10-11H2,1-3H3;4-8,11-15,30,33H,3,9-10H2,1-2H3. The average molecular weight is 981 g/mol. The lowest BCUT2D eigenvalue weighted by Gasteiger charge is -2.14. The Bertz CT molecular complexity index is 3200. The van der Waals surface area contributed by atoms with Crippen molar-refractivity contribution in [2.24, 2.45) is 0 Å². The van der Waals surface area contributed by atoms with Gasteiger partial charge in [0, 0.05) is 72.5 Å². The minimum atomic E-state index is -4.30. The molecule has 0 bridgehead atoms. The van der Waals surface area contributed by atoms with E-state index < -0.39 is 25.2 Å². The Labute approximate surface area is 404 Å². The topological polar surface area (TPSA) is 141 Å². The number of nitrogens with zero attached hydrogens (tertiary/aromatic N) is 4. The number of carbonyl (C=O) groups excluding carboxylic acids is 2. The fraction of sp³-hybridized carbons (Fsp3) is 0.245. The fourth-order valence-electron chi connectivity index (χ4n) is 7.74. The molecule has 0 saturated carbocycles. The number of hydrogen-bond acceptors (Lipinski definition) is 10. The Kier molecular flexibility index (Phi) is 15.6. The summed E-state index contributed by atoms with van der Waals surface area (Å²) < 4.78 is 97.1. The van der Waals surface area contributed by atoms with Crippen molar-refractivity contribution < 1.29 is 55.2 Å². The van der Waals surface area contributed by atoms with Gasteiger partial charge in [0.05, 0.1) is 67.5 Å². The molecule has 4 aromatic heterocycles. The molecule has 0 saturated heterocycles. The number of aromatic nitrogens is 4. The number of imidazole rings is 2. The number of pyridine rings is 2. The number of carbonyl (C=O) groups is 2. The molecule has 8 rings (SSSR count). The monoisotopic (exact) mass is 980 g/mol. The quantitative estimate of drug-likeness (QED) is 0.0596. The van der Waals surface area contributed by atoms with E-state index in [2.05, 4.69) is 20.6 Å². The lowest BCUT2D eigenvalue weighted by molar-refractivity contribution is -0.132. The molecule has 0 spiro atoms. The molecule has 0 fully saturated rings. The maximum Gasteiger partial charge on any atom is 0.390 e. The Morgan fingerprint density at radius 2 is 1.03 bits per heavy atom. The number of methoxy groups -OCH3 is 1. The van der Waals surface area contributed by atoms with E-state index >= 15 is 0 Å². The number of aryl methyl sites for hydroxylation is 2. The number of ketones is 2. The van der Waals surface area contributed by atoms with Crippen molar-refractivity contribution >= 4 is 34.2 Å². The largest absolute Gasteiger partial charge is 0.508 e. The van der Waals surface area contributed by atoms with Crippen molar-refractivity contribution in [1.82, 2.24) is 18.8 Å².